The van der Waals surface area contributed by atoms with Crippen molar-refractivity contribution in [1.29, 1.82) is 0 Å². The second-order valence-electron chi connectivity index (χ2n) is 9.58. The van der Waals surface area contributed by atoms with Crippen molar-refractivity contribution in [3.8, 4) is 0 Å². The number of nitro groups is 1. The van der Waals surface area contributed by atoms with Gasteiger partial charge in [-0.15, -0.1) is 0 Å². The van der Waals surface area contributed by atoms with Gasteiger partial charge in [0.2, 0.25) is 5.82 Å². The molecule has 166 valence electrons. The molecule has 2 saturated heterocycles. The molecule has 0 amide bonds. The number of rotatable bonds is 5. The monoisotopic (exact) mass is 436 g/mol. The molecule has 0 bridgehead atoms. The molecule has 9 heteroatoms. The molecule has 30 heavy (non-hydrogen) atoms. The van der Waals surface area contributed by atoms with E-state index in [9.17, 15) is 10.1 Å². The van der Waals surface area contributed by atoms with Crippen molar-refractivity contribution in [3.05, 3.63) is 10.1 Å². The Kier molecular flexibility index (Phi) is 5.62. The van der Waals surface area contributed by atoms with Crippen LogP contribution in [0.3, 0.4) is 0 Å². The van der Waals surface area contributed by atoms with Crippen molar-refractivity contribution in [2.45, 2.75) is 100 Å². The Hall–Kier alpha value is -1.45. The Balaban J connectivity index is 1.27. The second-order valence-corrected chi connectivity index (χ2v) is 10.6. The van der Waals surface area contributed by atoms with E-state index in [1.54, 1.807) is 0 Å². The SMILES string of the molecule is O=[N+]([O-])c1sc(NC2CCOC3(CCCC3)C2)nc1NC1CCOC2(CCCC2)C1. The number of hydrogen-bond donors (Lipinski definition) is 2. The first-order valence-corrected chi connectivity index (χ1v) is 12.3. The van der Waals surface area contributed by atoms with Gasteiger partial charge in [0.05, 0.1) is 16.1 Å². The highest BCUT2D eigenvalue weighted by Crippen LogP contribution is 2.44. The molecule has 3 heterocycles. The average molecular weight is 437 g/mol. The molecule has 2 aliphatic heterocycles. The minimum Gasteiger partial charge on any atom is -0.375 e. The van der Waals surface area contributed by atoms with Crippen LogP contribution in [0.4, 0.5) is 16.0 Å². The quantitative estimate of drug-likeness (QED) is 0.502. The summed E-state index contributed by atoms with van der Waals surface area (Å²) < 4.78 is 12.2. The molecule has 2 atom stereocenters. The van der Waals surface area contributed by atoms with E-state index >= 15 is 0 Å². The van der Waals surface area contributed by atoms with E-state index in [4.69, 9.17) is 9.47 Å². The second kappa shape index (κ2) is 8.24. The zero-order chi connectivity index (χ0) is 20.6. The first kappa shape index (κ1) is 20.5. The minimum absolute atomic E-state index is 0.0118. The van der Waals surface area contributed by atoms with E-state index in [1.807, 2.05) is 0 Å². The number of aromatic nitrogens is 1. The molecule has 0 aromatic carbocycles. The van der Waals surface area contributed by atoms with Gasteiger partial charge < -0.3 is 20.1 Å². The highest BCUT2D eigenvalue weighted by molar-refractivity contribution is 7.19. The molecule has 2 spiro atoms. The van der Waals surface area contributed by atoms with Gasteiger partial charge >= 0.3 is 5.00 Å². The van der Waals surface area contributed by atoms with Gasteiger partial charge in [-0.25, -0.2) is 0 Å². The molecule has 2 saturated carbocycles. The maximum atomic E-state index is 11.7. The highest BCUT2D eigenvalue weighted by Gasteiger charge is 2.42. The Morgan fingerprint density at radius 3 is 2.00 bits per heavy atom. The van der Waals surface area contributed by atoms with E-state index in [2.05, 4.69) is 15.6 Å². The van der Waals surface area contributed by atoms with E-state index in [-0.39, 0.29) is 33.2 Å². The van der Waals surface area contributed by atoms with Gasteiger partial charge in [-0.3, -0.25) is 10.1 Å². The van der Waals surface area contributed by atoms with Crippen LogP contribution < -0.4 is 10.6 Å². The number of anilines is 2. The van der Waals surface area contributed by atoms with Gasteiger partial charge in [-0.2, -0.15) is 4.98 Å². The third-order valence-electron chi connectivity index (χ3n) is 7.46. The number of hydrogen-bond acceptors (Lipinski definition) is 8. The molecule has 1 aromatic rings. The first-order valence-electron chi connectivity index (χ1n) is 11.5. The van der Waals surface area contributed by atoms with E-state index in [0.29, 0.717) is 17.6 Å². The van der Waals surface area contributed by atoms with E-state index < -0.39 is 0 Å². The Labute approximate surface area is 181 Å². The average Bonchev–Trinajstić information content (AvgIpc) is 3.44. The Morgan fingerprint density at radius 1 is 0.933 bits per heavy atom. The molecule has 2 aliphatic carbocycles. The van der Waals surface area contributed by atoms with Crippen LogP contribution in [0.2, 0.25) is 0 Å². The molecule has 4 fully saturated rings. The number of thiazole rings is 1. The summed E-state index contributed by atoms with van der Waals surface area (Å²) in [6, 6.07) is 0.440. The van der Waals surface area contributed by atoms with Crippen LogP contribution in [-0.4, -0.2) is 46.4 Å². The summed E-state index contributed by atoms with van der Waals surface area (Å²) in [7, 11) is 0. The van der Waals surface area contributed by atoms with Gasteiger partial charge in [-0.05, 0) is 62.7 Å². The van der Waals surface area contributed by atoms with Crippen LogP contribution in [-0.2, 0) is 9.47 Å². The van der Waals surface area contributed by atoms with Gasteiger partial charge in [0.1, 0.15) is 0 Å². The normalized spacial score (nSPS) is 30.0. The smallest absolute Gasteiger partial charge is 0.369 e. The summed E-state index contributed by atoms with van der Waals surface area (Å²) in [5, 5.41) is 19.3. The zero-order valence-corrected chi connectivity index (χ0v) is 18.3. The molecular formula is C21H32N4O4S. The molecule has 1 aromatic heterocycles. The van der Waals surface area contributed by atoms with Gasteiger partial charge in [0, 0.05) is 25.3 Å². The number of nitrogens with zero attached hydrogens (tertiary/aromatic N) is 2. The van der Waals surface area contributed by atoms with Crippen LogP contribution in [0.1, 0.15) is 77.0 Å². The summed E-state index contributed by atoms with van der Waals surface area (Å²) >= 11 is 1.15. The van der Waals surface area contributed by atoms with E-state index in [0.717, 1.165) is 69.3 Å². The molecular weight excluding hydrogens is 404 g/mol. The maximum Gasteiger partial charge on any atom is 0.369 e. The summed E-state index contributed by atoms with van der Waals surface area (Å²) in [4.78, 5) is 16.0. The topological polar surface area (TPSA) is 98.6 Å². The third-order valence-corrected chi connectivity index (χ3v) is 8.40. The molecule has 8 nitrogen and oxygen atoms in total. The summed E-state index contributed by atoms with van der Waals surface area (Å²) in [6.07, 6.45) is 13.0. The van der Waals surface area contributed by atoms with Crippen LogP contribution in [0, 0.1) is 10.1 Å². The third kappa shape index (κ3) is 4.16. The lowest BCUT2D eigenvalue weighted by molar-refractivity contribution is -0.379. The fourth-order valence-electron chi connectivity index (χ4n) is 6.00. The van der Waals surface area contributed by atoms with Crippen molar-refractivity contribution in [1.82, 2.24) is 4.98 Å². The van der Waals surface area contributed by atoms with Crippen LogP contribution >= 0.6 is 11.3 Å². The molecule has 0 radical (unpaired) electrons. The largest absolute Gasteiger partial charge is 0.375 e. The van der Waals surface area contributed by atoms with Gasteiger partial charge in [0.15, 0.2) is 5.13 Å². The highest BCUT2D eigenvalue weighted by atomic mass is 32.1. The standard InChI is InChI=1S/C21H32N4O4S/c26-25(27)18-17(22-15-5-11-28-20(13-15)7-1-2-8-20)24-19(30-18)23-16-6-12-29-21(14-16)9-3-4-10-21/h15-16,22H,1-14H2,(H,23,24). The van der Waals surface area contributed by atoms with Crippen molar-refractivity contribution in [2.75, 3.05) is 23.8 Å². The first-order chi connectivity index (χ1) is 14.5. The van der Waals surface area contributed by atoms with Gasteiger partial charge in [0.25, 0.3) is 0 Å². The number of ether oxygens (including phenoxy) is 2. The van der Waals surface area contributed by atoms with Crippen LogP contribution in [0.5, 0.6) is 0 Å². The summed E-state index contributed by atoms with van der Waals surface area (Å²) in [6.45, 7) is 1.46. The Morgan fingerprint density at radius 2 is 1.47 bits per heavy atom. The van der Waals surface area contributed by atoms with Crippen LogP contribution in [0.25, 0.3) is 0 Å². The van der Waals surface area contributed by atoms with E-state index in [1.165, 1.54) is 25.7 Å². The minimum atomic E-state index is -0.307. The summed E-state index contributed by atoms with van der Waals surface area (Å²) in [5.74, 6) is 0.412. The zero-order valence-electron chi connectivity index (χ0n) is 17.5. The van der Waals surface area contributed by atoms with Crippen molar-refractivity contribution in [3.63, 3.8) is 0 Å². The lowest BCUT2D eigenvalue weighted by atomic mass is 9.89. The molecule has 4 aliphatic rings. The lowest BCUT2D eigenvalue weighted by Crippen LogP contribution is -2.42. The lowest BCUT2D eigenvalue weighted by Gasteiger charge is -2.38. The summed E-state index contributed by atoms with van der Waals surface area (Å²) in [5.41, 5.74) is -0.0165. The predicted molar refractivity (Wildman–Crippen MR) is 116 cm³/mol. The Bertz CT molecular complexity index is 773. The van der Waals surface area contributed by atoms with Crippen molar-refractivity contribution in [2.24, 2.45) is 0 Å². The fourth-order valence-corrected chi connectivity index (χ4v) is 6.82. The predicted octanol–water partition coefficient (Wildman–Crippen LogP) is 4.86. The fraction of sp³-hybridized carbons (Fsp3) is 0.857. The molecule has 5 rings (SSSR count). The molecule has 2 unspecified atom stereocenters. The molecule has 2 N–H and O–H groups in total. The van der Waals surface area contributed by atoms with Crippen LogP contribution in [0.15, 0.2) is 0 Å². The maximum absolute atomic E-state index is 11.7. The van der Waals surface area contributed by atoms with Gasteiger partial charge in [-0.1, -0.05) is 25.7 Å². The number of nitrogens with one attached hydrogen (secondary N) is 2. The van der Waals surface area contributed by atoms with Crippen molar-refractivity contribution >= 4 is 27.3 Å². The van der Waals surface area contributed by atoms with Crippen molar-refractivity contribution < 1.29 is 14.4 Å².